The smallest absolute Gasteiger partial charge is 0.323 e. The number of hydrogen-bond donors (Lipinski definition) is 2. The number of benzene rings is 1. The van der Waals surface area contributed by atoms with Crippen molar-refractivity contribution in [1.82, 2.24) is 9.62 Å². The summed E-state index contributed by atoms with van der Waals surface area (Å²) < 4.78 is 27.0. The molecule has 7 nitrogen and oxygen atoms in total. The molecule has 0 aliphatic carbocycles. The Bertz CT molecular complexity index is 698. The number of rotatable bonds is 9. The van der Waals surface area contributed by atoms with E-state index in [1.54, 1.807) is 6.92 Å². The third-order valence-corrected chi connectivity index (χ3v) is 5.18. The number of amides is 1. The maximum absolute atomic E-state index is 12.5. The average Bonchev–Trinajstić information content (AvgIpc) is 2.52. The molecular weight excluding hydrogens is 344 g/mol. The van der Waals surface area contributed by atoms with Crippen LogP contribution in [0.5, 0.6) is 0 Å². The Balaban J connectivity index is 3.00. The van der Waals surface area contributed by atoms with Gasteiger partial charge in [0.1, 0.15) is 6.54 Å². The number of aliphatic carboxylic acids is 1. The number of nitrogens with zero attached hydrogens (tertiary/aromatic N) is 1. The molecule has 1 rings (SSSR count). The van der Waals surface area contributed by atoms with E-state index in [0.29, 0.717) is 13.0 Å². The van der Waals surface area contributed by atoms with Crippen molar-refractivity contribution in [3.8, 4) is 0 Å². The summed E-state index contributed by atoms with van der Waals surface area (Å²) in [4.78, 5) is 24.8. The Morgan fingerprint density at radius 3 is 2.16 bits per heavy atom. The second kappa shape index (κ2) is 8.96. The van der Waals surface area contributed by atoms with E-state index in [0.717, 1.165) is 0 Å². The van der Waals surface area contributed by atoms with Crippen molar-refractivity contribution >= 4 is 21.9 Å². The van der Waals surface area contributed by atoms with Crippen LogP contribution in [0.15, 0.2) is 29.2 Å². The molecule has 0 aromatic heterocycles. The molecule has 0 saturated heterocycles. The quantitative estimate of drug-likeness (QED) is 0.691. The maximum Gasteiger partial charge on any atom is 0.323 e. The van der Waals surface area contributed by atoms with Gasteiger partial charge in [0.25, 0.3) is 5.91 Å². The molecule has 0 saturated carbocycles. The number of carboxylic acids is 1. The van der Waals surface area contributed by atoms with Crippen LogP contribution in [0.4, 0.5) is 0 Å². The van der Waals surface area contributed by atoms with Crippen molar-refractivity contribution in [1.29, 1.82) is 0 Å². The van der Waals surface area contributed by atoms with Gasteiger partial charge in [-0.05, 0) is 43.5 Å². The minimum absolute atomic E-state index is 0.0676. The second-order valence-electron chi connectivity index (χ2n) is 6.43. The minimum atomic E-state index is -3.64. The predicted molar refractivity (Wildman–Crippen MR) is 94.9 cm³/mol. The lowest BCUT2D eigenvalue weighted by Gasteiger charge is -2.23. The van der Waals surface area contributed by atoms with Crippen LogP contribution in [0, 0.1) is 5.92 Å². The molecule has 0 aliphatic rings. The van der Waals surface area contributed by atoms with Crippen molar-refractivity contribution < 1.29 is 23.1 Å². The van der Waals surface area contributed by atoms with Crippen LogP contribution in [0.25, 0.3) is 0 Å². The molecule has 2 N–H and O–H groups in total. The summed E-state index contributed by atoms with van der Waals surface area (Å²) in [5.74, 6) is -1.41. The molecule has 0 heterocycles. The summed E-state index contributed by atoms with van der Waals surface area (Å²) in [6.45, 7) is 7.33. The Morgan fingerprint density at radius 1 is 1.16 bits per heavy atom. The van der Waals surface area contributed by atoms with Gasteiger partial charge in [0.15, 0.2) is 0 Å². The van der Waals surface area contributed by atoms with Crippen LogP contribution < -0.4 is 4.72 Å². The van der Waals surface area contributed by atoms with Crippen LogP contribution >= 0.6 is 0 Å². The van der Waals surface area contributed by atoms with Crippen LogP contribution in [-0.4, -0.2) is 49.4 Å². The highest BCUT2D eigenvalue weighted by Crippen LogP contribution is 2.14. The average molecular weight is 370 g/mol. The predicted octanol–water partition coefficient (Wildman–Crippen LogP) is 1.95. The Hall–Kier alpha value is -1.93. The number of carboxylic acid groups (broad SMARTS) is 1. The van der Waals surface area contributed by atoms with E-state index in [4.69, 9.17) is 5.11 Å². The molecule has 0 spiro atoms. The van der Waals surface area contributed by atoms with Gasteiger partial charge in [0.2, 0.25) is 10.0 Å². The molecule has 0 aliphatic heterocycles. The monoisotopic (exact) mass is 370 g/mol. The lowest BCUT2D eigenvalue weighted by Crippen LogP contribution is -2.38. The van der Waals surface area contributed by atoms with E-state index in [2.05, 4.69) is 4.72 Å². The second-order valence-corrected chi connectivity index (χ2v) is 8.14. The SMILES string of the molecule is CCC(C)NS(=O)(=O)c1ccc(C(=O)N(CC(=O)O)CC(C)C)cc1. The molecule has 0 radical (unpaired) electrons. The van der Waals surface area contributed by atoms with E-state index in [1.807, 2.05) is 20.8 Å². The first kappa shape index (κ1) is 21.1. The Morgan fingerprint density at radius 2 is 1.72 bits per heavy atom. The third-order valence-electron chi connectivity index (χ3n) is 3.58. The number of hydrogen-bond acceptors (Lipinski definition) is 4. The summed E-state index contributed by atoms with van der Waals surface area (Å²) in [5, 5.41) is 8.97. The van der Waals surface area contributed by atoms with Crippen molar-refractivity contribution in [3.05, 3.63) is 29.8 Å². The normalized spacial score (nSPS) is 12.8. The van der Waals surface area contributed by atoms with Crippen molar-refractivity contribution in [2.24, 2.45) is 5.92 Å². The molecular formula is C17H26N2O5S. The fourth-order valence-electron chi connectivity index (χ4n) is 2.20. The zero-order valence-corrected chi connectivity index (χ0v) is 15.8. The Kier molecular flexibility index (Phi) is 7.57. The summed E-state index contributed by atoms with van der Waals surface area (Å²) in [6, 6.07) is 5.33. The van der Waals surface area contributed by atoms with Crippen LogP contribution in [-0.2, 0) is 14.8 Å². The van der Waals surface area contributed by atoms with E-state index in [1.165, 1.54) is 29.2 Å². The van der Waals surface area contributed by atoms with Gasteiger partial charge in [-0.15, -0.1) is 0 Å². The molecule has 1 unspecified atom stereocenters. The number of carbonyl (C=O) groups is 2. The van der Waals surface area contributed by atoms with Gasteiger partial charge in [-0.1, -0.05) is 20.8 Å². The number of carbonyl (C=O) groups excluding carboxylic acids is 1. The summed E-state index contributed by atoms with van der Waals surface area (Å²) in [6.07, 6.45) is 0.662. The lowest BCUT2D eigenvalue weighted by atomic mass is 10.1. The molecule has 0 bridgehead atoms. The number of sulfonamides is 1. The van der Waals surface area contributed by atoms with Crippen molar-refractivity contribution in [2.45, 2.75) is 45.1 Å². The van der Waals surface area contributed by atoms with Gasteiger partial charge in [-0.25, -0.2) is 13.1 Å². The standard InChI is InChI=1S/C17H26N2O5S/c1-5-13(4)18-25(23,24)15-8-6-14(7-9-15)17(22)19(10-12(2)3)11-16(20)21/h6-9,12-13,18H,5,10-11H2,1-4H3,(H,20,21). The van der Waals surface area contributed by atoms with Crippen molar-refractivity contribution in [3.63, 3.8) is 0 Å². The molecule has 1 atom stereocenters. The molecule has 1 aromatic rings. The Labute approximate surface area is 149 Å². The number of nitrogens with one attached hydrogen (secondary N) is 1. The fourth-order valence-corrected chi connectivity index (χ4v) is 3.53. The zero-order chi connectivity index (χ0) is 19.2. The third kappa shape index (κ3) is 6.47. The minimum Gasteiger partial charge on any atom is -0.480 e. The van der Waals surface area contributed by atoms with Gasteiger partial charge >= 0.3 is 5.97 Å². The van der Waals surface area contributed by atoms with Gasteiger partial charge in [-0.3, -0.25) is 9.59 Å². The lowest BCUT2D eigenvalue weighted by molar-refractivity contribution is -0.137. The van der Waals surface area contributed by atoms with E-state index >= 15 is 0 Å². The van der Waals surface area contributed by atoms with Crippen LogP contribution in [0.1, 0.15) is 44.5 Å². The fraction of sp³-hybridized carbons (Fsp3) is 0.529. The molecule has 140 valence electrons. The van der Waals surface area contributed by atoms with E-state index < -0.39 is 28.4 Å². The van der Waals surface area contributed by atoms with Crippen LogP contribution in [0.3, 0.4) is 0 Å². The summed E-state index contributed by atoms with van der Waals surface area (Å²) >= 11 is 0. The first-order valence-electron chi connectivity index (χ1n) is 8.20. The van der Waals surface area contributed by atoms with Gasteiger partial charge in [-0.2, -0.15) is 0 Å². The largest absolute Gasteiger partial charge is 0.480 e. The molecule has 0 fully saturated rings. The van der Waals surface area contributed by atoms with E-state index in [9.17, 15) is 18.0 Å². The zero-order valence-electron chi connectivity index (χ0n) is 15.0. The first-order valence-corrected chi connectivity index (χ1v) is 9.68. The molecule has 8 heteroatoms. The summed E-state index contributed by atoms with van der Waals surface area (Å²) in [5.41, 5.74) is 0.254. The first-order chi connectivity index (χ1) is 11.6. The highest BCUT2D eigenvalue weighted by Gasteiger charge is 2.21. The van der Waals surface area contributed by atoms with Gasteiger partial charge in [0.05, 0.1) is 4.90 Å². The van der Waals surface area contributed by atoms with Crippen molar-refractivity contribution in [2.75, 3.05) is 13.1 Å². The molecule has 1 amide bonds. The highest BCUT2D eigenvalue weighted by atomic mass is 32.2. The van der Waals surface area contributed by atoms with Crippen LogP contribution in [0.2, 0.25) is 0 Å². The summed E-state index contributed by atoms with van der Waals surface area (Å²) in [7, 11) is -3.64. The van der Waals surface area contributed by atoms with E-state index in [-0.39, 0.29) is 22.4 Å². The highest BCUT2D eigenvalue weighted by molar-refractivity contribution is 7.89. The maximum atomic E-state index is 12.5. The molecule has 25 heavy (non-hydrogen) atoms. The topological polar surface area (TPSA) is 104 Å². The van der Waals surface area contributed by atoms with Gasteiger partial charge < -0.3 is 10.0 Å². The van der Waals surface area contributed by atoms with Gasteiger partial charge in [0, 0.05) is 18.2 Å². The molecule has 1 aromatic carbocycles.